The molecule has 0 saturated carbocycles. The summed E-state index contributed by atoms with van der Waals surface area (Å²) < 4.78 is 10.0. The Morgan fingerprint density at radius 2 is 2.32 bits per heavy atom. The Kier molecular flexibility index (Phi) is 4.12. The van der Waals surface area contributed by atoms with Gasteiger partial charge >= 0.3 is 0 Å². The normalized spacial score (nSPS) is 10.2. The topological polar surface area (TPSA) is 77.2 Å². The maximum atomic E-state index is 11.8. The highest BCUT2D eigenvalue weighted by atomic mass is 16.5. The molecule has 1 aromatic heterocycles. The van der Waals surface area contributed by atoms with Crippen molar-refractivity contribution >= 4 is 11.6 Å². The summed E-state index contributed by atoms with van der Waals surface area (Å²) in [6.45, 7) is 1.74. The maximum Gasteiger partial charge on any atom is 0.227 e. The minimum Gasteiger partial charge on any atom is -0.497 e. The quantitative estimate of drug-likeness (QED) is 0.890. The average molecular weight is 261 g/mol. The molecule has 0 saturated heterocycles. The van der Waals surface area contributed by atoms with Gasteiger partial charge in [-0.15, -0.1) is 0 Å². The zero-order valence-corrected chi connectivity index (χ0v) is 10.8. The summed E-state index contributed by atoms with van der Waals surface area (Å²) >= 11 is 0. The van der Waals surface area contributed by atoms with Crippen LogP contribution in [0.2, 0.25) is 0 Å². The predicted molar refractivity (Wildman–Crippen MR) is 69.0 cm³/mol. The van der Waals surface area contributed by atoms with Gasteiger partial charge in [-0.1, -0.05) is 11.2 Å². The number of ether oxygens (including phenoxy) is 1. The summed E-state index contributed by atoms with van der Waals surface area (Å²) in [6.07, 6.45) is 0.718. The van der Waals surface area contributed by atoms with Crippen molar-refractivity contribution in [1.82, 2.24) is 10.1 Å². The van der Waals surface area contributed by atoms with Crippen LogP contribution in [0.1, 0.15) is 18.1 Å². The second-order valence-corrected chi connectivity index (χ2v) is 4.02. The third-order valence-corrected chi connectivity index (χ3v) is 2.49. The van der Waals surface area contributed by atoms with Gasteiger partial charge in [0.05, 0.1) is 7.11 Å². The van der Waals surface area contributed by atoms with Gasteiger partial charge in [-0.05, 0) is 19.1 Å². The number of aryl methyl sites for hydroxylation is 2. The molecule has 2 aromatic rings. The molecule has 6 nitrogen and oxygen atoms in total. The lowest BCUT2D eigenvalue weighted by atomic mass is 10.2. The lowest BCUT2D eigenvalue weighted by molar-refractivity contribution is -0.116. The van der Waals surface area contributed by atoms with E-state index in [1.54, 1.807) is 26.2 Å². The number of methoxy groups -OCH3 is 1. The van der Waals surface area contributed by atoms with E-state index >= 15 is 0 Å². The molecule has 2 rings (SSSR count). The van der Waals surface area contributed by atoms with Crippen molar-refractivity contribution in [2.75, 3.05) is 12.4 Å². The van der Waals surface area contributed by atoms with Crippen LogP contribution in [0.25, 0.3) is 0 Å². The van der Waals surface area contributed by atoms with Gasteiger partial charge in [-0.3, -0.25) is 4.79 Å². The Bertz CT molecular complexity index is 566. The fourth-order valence-corrected chi connectivity index (χ4v) is 1.59. The molecule has 1 heterocycles. The van der Waals surface area contributed by atoms with Crippen LogP contribution in [0.3, 0.4) is 0 Å². The van der Waals surface area contributed by atoms with Crippen LogP contribution in [0.5, 0.6) is 5.75 Å². The number of hydrogen-bond acceptors (Lipinski definition) is 5. The smallest absolute Gasteiger partial charge is 0.227 e. The second kappa shape index (κ2) is 5.99. The average Bonchev–Trinajstić information content (AvgIpc) is 2.82. The van der Waals surface area contributed by atoms with E-state index in [1.807, 2.05) is 12.1 Å². The fraction of sp³-hybridized carbons (Fsp3) is 0.308. The van der Waals surface area contributed by atoms with E-state index in [0.717, 1.165) is 0 Å². The lowest BCUT2D eigenvalue weighted by Crippen LogP contribution is -2.12. The minimum atomic E-state index is -0.107. The number of rotatable bonds is 5. The maximum absolute atomic E-state index is 11.8. The molecule has 19 heavy (non-hydrogen) atoms. The molecule has 1 aromatic carbocycles. The van der Waals surface area contributed by atoms with Gasteiger partial charge in [0.1, 0.15) is 5.75 Å². The van der Waals surface area contributed by atoms with Crippen LogP contribution >= 0.6 is 0 Å². The highest BCUT2D eigenvalue weighted by molar-refractivity contribution is 5.90. The van der Waals surface area contributed by atoms with Crippen molar-refractivity contribution in [2.45, 2.75) is 19.8 Å². The van der Waals surface area contributed by atoms with E-state index in [-0.39, 0.29) is 5.91 Å². The SMILES string of the molecule is COc1cccc(NC(=O)CCc2nc(C)no2)c1. The predicted octanol–water partition coefficient (Wildman–Crippen LogP) is 1.96. The van der Waals surface area contributed by atoms with Gasteiger partial charge in [-0.25, -0.2) is 0 Å². The van der Waals surface area contributed by atoms with Crippen molar-refractivity contribution in [3.05, 3.63) is 36.0 Å². The van der Waals surface area contributed by atoms with E-state index in [2.05, 4.69) is 15.5 Å². The molecule has 0 aliphatic rings. The third kappa shape index (κ3) is 3.80. The van der Waals surface area contributed by atoms with Crippen LogP contribution in [0.15, 0.2) is 28.8 Å². The molecule has 1 N–H and O–H groups in total. The Labute approximate surface area is 110 Å². The third-order valence-electron chi connectivity index (χ3n) is 2.49. The molecular formula is C13H15N3O3. The molecule has 0 fully saturated rings. The molecular weight excluding hydrogens is 246 g/mol. The first-order valence-corrected chi connectivity index (χ1v) is 5.90. The summed E-state index contributed by atoms with van der Waals surface area (Å²) in [5.41, 5.74) is 0.700. The summed E-state index contributed by atoms with van der Waals surface area (Å²) in [5, 5.41) is 6.45. The van der Waals surface area contributed by atoms with E-state index in [4.69, 9.17) is 9.26 Å². The Morgan fingerprint density at radius 3 is 3.00 bits per heavy atom. The van der Waals surface area contributed by atoms with E-state index in [0.29, 0.717) is 36.0 Å². The molecule has 100 valence electrons. The molecule has 0 bridgehead atoms. The first-order chi connectivity index (χ1) is 9.17. The number of benzene rings is 1. The minimum absolute atomic E-state index is 0.107. The number of carbonyl (C=O) groups excluding carboxylic acids is 1. The fourth-order valence-electron chi connectivity index (χ4n) is 1.59. The number of aromatic nitrogens is 2. The van der Waals surface area contributed by atoms with Gasteiger partial charge in [-0.2, -0.15) is 4.98 Å². The highest BCUT2D eigenvalue weighted by Crippen LogP contribution is 2.16. The van der Waals surface area contributed by atoms with Crippen LogP contribution in [0, 0.1) is 6.92 Å². The standard InChI is InChI=1S/C13H15N3O3/c1-9-14-13(19-16-9)7-6-12(17)15-10-4-3-5-11(8-10)18-2/h3-5,8H,6-7H2,1-2H3,(H,15,17). The number of nitrogens with one attached hydrogen (secondary N) is 1. The van der Waals surface area contributed by atoms with Gasteiger partial charge in [0, 0.05) is 24.6 Å². The van der Waals surface area contributed by atoms with E-state index in [1.165, 1.54) is 0 Å². The van der Waals surface area contributed by atoms with Crippen molar-refractivity contribution in [3.63, 3.8) is 0 Å². The zero-order chi connectivity index (χ0) is 13.7. The Hall–Kier alpha value is -2.37. The number of carbonyl (C=O) groups is 1. The Balaban J connectivity index is 1.86. The molecule has 0 unspecified atom stereocenters. The Morgan fingerprint density at radius 1 is 1.47 bits per heavy atom. The summed E-state index contributed by atoms with van der Waals surface area (Å²) in [5.74, 6) is 1.64. The van der Waals surface area contributed by atoms with Gasteiger partial charge in [0.15, 0.2) is 5.82 Å². The molecule has 1 amide bonds. The monoisotopic (exact) mass is 261 g/mol. The van der Waals surface area contributed by atoms with Crippen molar-refractivity contribution < 1.29 is 14.1 Å². The lowest BCUT2D eigenvalue weighted by Gasteiger charge is -2.06. The van der Waals surface area contributed by atoms with Crippen molar-refractivity contribution in [2.24, 2.45) is 0 Å². The van der Waals surface area contributed by atoms with E-state index < -0.39 is 0 Å². The van der Waals surface area contributed by atoms with Gasteiger partial charge in [0.2, 0.25) is 11.8 Å². The van der Waals surface area contributed by atoms with Crippen LogP contribution in [-0.2, 0) is 11.2 Å². The molecule has 0 radical (unpaired) electrons. The summed E-state index contributed by atoms with van der Waals surface area (Å²) in [4.78, 5) is 15.8. The van der Waals surface area contributed by atoms with Crippen molar-refractivity contribution in [1.29, 1.82) is 0 Å². The first kappa shape index (κ1) is 13.1. The largest absolute Gasteiger partial charge is 0.497 e. The number of amides is 1. The van der Waals surface area contributed by atoms with Crippen molar-refractivity contribution in [3.8, 4) is 5.75 Å². The van der Waals surface area contributed by atoms with Gasteiger partial charge < -0.3 is 14.6 Å². The number of nitrogens with zero attached hydrogens (tertiary/aromatic N) is 2. The van der Waals surface area contributed by atoms with Crippen LogP contribution in [-0.4, -0.2) is 23.2 Å². The second-order valence-electron chi connectivity index (χ2n) is 4.02. The molecule has 0 aliphatic carbocycles. The number of hydrogen-bond donors (Lipinski definition) is 1. The molecule has 6 heteroatoms. The first-order valence-electron chi connectivity index (χ1n) is 5.90. The summed E-state index contributed by atoms with van der Waals surface area (Å²) in [7, 11) is 1.58. The number of anilines is 1. The molecule has 0 spiro atoms. The van der Waals surface area contributed by atoms with E-state index in [9.17, 15) is 4.79 Å². The molecule has 0 atom stereocenters. The highest BCUT2D eigenvalue weighted by Gasteiger charge is 2.08. The zero-order valence-electron chi connectivity index (χ0n) is 10.8. The summed E-state index contributed by atoms with van der Waals surface area (Å²) in [6, 6.07) is 7.19. The van der Waals surface area contributed by atoms with Crippen LogP contribution < -0.4 is 10.1 Å². The van der Waals surface area contributed by atoms with Crippen LogP contribution in [0.4, 0.5) is 5.69 Å². The van der Waals surface area contributed by atoms with Gasteiger partial charge in [0.25, 0.3) is 0 Å². The molecule has 0 aliphatic heterocycles.